The van der Waals surface area contributed by atoms with Gasteiger partial charge in [-0.2, -0.15) is 0 Å². The highest BCUT2D eigenvalue weighted by Gasteiger charge is 2.07. The second-order valence-corrected chi connectivity index (χ2v) is 3.92. The SMILES string of the molecule is O=C(O)Cc1ccc(-c2ccc(F)cc2)cc1O. The molecule has 0 aliphatic carbocycles. The third-order valence-electron chi connectivity index (χ3n) is 2.60. The van der Waals surface area contributed by atoms with Crippen LogP contribution in [0.5, 0.6) is 5.75 Å². The first-order valence-electron chi connectivity index (χ1n) is 5.36. The van der Waals surface area contributed by atoms with Gasteiger partial charge >= 0.3 is 5.97 Å². The Balaban J connectivity index is 2.33. The fourth-order valence-electron chi connectivity index (χ4n) is 1.70. The Hall–Kier alpha value is -2.36. The van der Waals surface area contributed by atoms with Crippen LogP contribution in [0.2, 0.25) is 0 Å². The van der Waals surface area contributed by atoms with Gasteiger partial charge in [0.25, 0.3) is 0 Å². The van der Waals surface area contributed by atoms with Gasteiger partial charge in [0.2, 0.25) is 0 Å². The minimum Gasteiger partial charge on any atom is -0.508 e. The Morgan fingerprint density at radius 3 is 2.22 bits per heavy atom. The molecule has 0 saturated carbocycles. The number of halogens is 1. The van der Waals surface area contributed by atoms with Crippen LogP contribution >= 0.6 is 0 Å². The van der Waals surface area contributed by atoms with Gasteiger partial charge in [0.1, 0.15) is 11.6 Å². The Bertz CT molecular complexity index is 576. The number of rotatable bonds is 3. The molecule has 0 spiro atoms. The summed E-state index contributed by atoms with van der Waals surface area (Å²) < 4.78 is 12.8. The van der Waals surface area contributed by atoms with Crippen molar-refractivity contribution < 1.29 is 19.4 Å². The van der Waals surface area contributed by atoms with Crippen molar-refractivity contribution >= 4 is 5.97 Å². The molecule has 0 aliphatic heterocycles. The smallest absolute Gasteiger partial charge is 0.307 e. The van der Waals surface area contributed by atoms with Gasteiger partial charge in [0, 0.05) is 5.56 Å². The van der Waals surface area contributed by atoms with E-state index in [1.54, 1.807) is 24.3 Å². The van der Waals surface area contributed by atoms with Crippen LogP contribution in [0.25, 0.3) is 11.1 Å². The Labute approximate surface area is 103 Å². The summed E-state index contributed by atoms with van der Waals surface area (Å²) in [7, 11) is 0. The van der Waals surface area contributed by atoms with E-state index in [9.17, 15) is 14.3 Å². The molecule has 2 N–H and O–H groups in total. The van der Waals surface area contributed by atoms with E-state index in [1.165, 1.54) is 18.2 Å². The Morgan fingerprint density at radius 2 is 1.67 bits per heavy atom. The molecule has 0 amide bonds. The maximum absolute atomic E-state index is 12.8. The molecule has 2 rings (SSSR count). The molecular formula is C14H11FO3. The number of hydrogen-bond acceptors (Lipinski definition) is 2. The van der Waals surface area contributed by atoms with Crippen molar-refractivity contribution in [1.82, 2.24) is 0 Å². The van der Waals surface area contributed by atoms with Gasteiger partial charge < -0.3 is 10.2 Å². The number of carboxylic acid groups (broad SMARTS) is 1. The largest absolute Gasteiger partial charge is 0.508 e. The molecule has 0 unspecified atom stereocenters. The fraction of sp³-hybridized carbons (Fsp3) is 0.0714. The zero-order valence-electron chi connectivity index (χ0n) is 9.43. The number of phenols is 1. The Morgan fingerprint density at radius 1 is 1.06 bits per heavy atom. The molecule has 0 aromatic heterocycles. The Kier molecular flexibility index (Phi) is 3.28. The van der Waals surface area contributed by atoms with Crippen molar-refractivity contribution in [2.24, 2.45) is 0 Å². The zero-order chi connectivity index (χ0) is 13.1. The number of hydrogen-bond donors (Lipinski definition) is 2. The molecule has 0 radical (unpaired) electrons. The number of phenolic OH excluding ortho intramolecular Hbond substituents is 1. The molecule has 4 heteroatoms. The molecular weight excluding hydrogens is 235 g/mol. The molecule has 0 saturated heterocycles. The van der Waals surface area contributed by atoms with Crippen LogP contribution in [0.3, 0.4) is 0 Å². The third-order valence-corrected chi connectivity index (χ3v) is 2.60. The van der Waals surface area contributed by atoms with Crippen LogP contribution in [0, 0.1) is 5.82 Å². The predicted molar refractivity (Wildman–Crippen MR) is 64.8 cm³/mol. The number of aromatic hydroxyl groups is 1. The molecule has 0 atom stereocenters. The van der Waals surface area contributed by atoms with Gasteiger partial charge in [-0.15, -0.1) is 0 Å². The van der Waals surface area contributed by atoms with Crippen molar-refractivity contribution in [3.8, 4) is 16.9 Å². The monoisotopic (exact) mass is 246 g/mol. The average molecular weight is 246 g/mol. The van der Waals surface area contributed by atoms with Crippen molar-refractivity contribution in [2.45, 2.75) is 6.42 Å². The van der Waals surface area contributed by atoms with Crippen molar-refractivity contribution in [3.63, 3.8) is 0 Å². The molecule has 0 bridgehead atoms. The number of carbonyl (C=O) groups is 1. The summed E-state index contributed by atoms with van der Waals surface area (Å²) in [4.78, 5) is 10.6. The molecule has 3 nitrogen and oxygen atoms in total. The van der Waals surface area contributed by atoms with Crippen molar-refractivity contribution in [1.29, 1.82) is 0 Å². The topological polar surface area (TPSA) is 57.5 Å². The molecule has 0 aliphatic rings. The van der Waals surface area contributed by atoms with Gasteiger partial charge in [-0.05, 0) is 29.3 Å². The van der Waals surface area contributed by atoms with Crippen molar-refractivity contribution in [2.75, 3.05) is 0 Å². The lowest BCUT2D eigenvalue weighted by Gasteiger charge is -2.06. The van der Waals surface area contributed by atoms with Crippen LogP contribution in [0.4, 0.5) is 4.39 Å². The third kappa shape index (κ3) is 2.66. The highest BCUT2D eigenvalue weighted by atomic mass is 19.1. The molecule has 2 aromatic carbocycles. The van der Waals surface area contributed by atoms with Crippen LogP contribution in [0.1, 0.15) is 5.56 Å². The van der Waals surface area contributed by atoms with Crippen molar-refractivity contribution in [3.05, 3.63) is 53.8 Å². The first-order chi connectivity index (χ1) is 8.56. The van der Waals surface area contributed by atoms with Gasteiger partial charge in [0.15, 0.2) is 0 Å². The number of benzene rings is 2. The van der Waals surface area contributed by atoms with E-state index < -0.39 is 5.97 Å². The van der Waals surface area contributed by atoms with E-state index in [4.69, 9.17) is 5.11 Å². The number of aliphatic carboxylic acids is 1. The molecule has 0 fully saturated rings. The molecule has 92 valence electrons. The van der Waals surface area contributed by atoms with Crippen LogP contribution in [0.15, 0.2) is 42.5 Å². The summed E-state index contributed by atoms with van der Waals surface area (Å²) in [6.07, 6.45) is -0.227. The second-order valence-electron chi connectivity index (χ2n) is 3.92. The summed E-state index contributed by atoms with van der Waals surface area (Å²) in [6.45, 7) is 0. The van der Waals surface area contributed by atoms with E-state index in [-0.39, 0.29) is 18.0 Å². The molecule has 2 aromatic rings. The fourth-order valence-corrected chi connectivity index (χ4v) is 1.70. The standard InChI is InChI=1S/C14H11FO3/c15-12-5-3-9(4-6-12)10-1-2-11(8-14(17)18)13(16)7-10/h1-7,16H,8H2,(H,17,18). The first kappa shape index (κ1) is 12.1. The lowest BCUT2D eigenvalue weighted by atomic mass is 10.0. The summed E-state index contributed by atoms with van der Waals surface area (Å²) in [5.41, 5.74) is 1.82. The maximum Gasteiger partial charge on any atom is 0.307 e. The zero-order valence-corrected chi connectivity index (χ0v) is 9.43. The minimum atomic E-state index is -1.00. The first-order valence-corrected chi connectivity index (χ1v) is 5.36. The quantitative estimate of drug-likeness (QED) is 0.875. The van der Waals surface area contributed by atoms with Gasteiger partial charge in [-0.1, -0.05) is 24.3 Å². The van der Waals surface area contributed by atoms with E-state index in [2.05, 4.69) is 0 Å². The lowest BCUT2D eigenvalue weighted by molar-refractivity contribution is -0.136. The maximum atomic E-state index is 12.8. The molecule has 18 heavy (non-hydrogen) atoms. The summed E-state index contributed by atoms with van der Waals surface area (Å²) in [5, 5.41) is 18.4. The lowest BCUT2D eigenvalue weighted by Crippen LogP contribution is -2.00. The highest BCUT2D eigenvalue weighted by molar-refractivity contribution is 5.73. The van der Waals surface area contributed by atoms with Gasteiger partial charge in [-0.25, -0.2) is 4.39 Å². The van der Waals surface area contributed by atoms with Gasteiger partial charge in [-0.3, -0.25) is 4.79 Å². The number of carboxylic acids is 1. The summed E-state index contributed by atoms with van der Waals surface area (Å²) >= 11 is 0. The highest BCUT2D eigenvalue weighted by Crippen LogP contribution is 2.26. The van der Waals surface area contributed by atoms with Gasteiger partial charge in [0.05, 0.1) is 6.42 Å². The van der Waals surface area contributed by atoms with E-state index in [0.29, 0.717) is 11.1 Å². The van der Waals surface area contributed by atoms with Crippen LogP contribution in [-0.4, -0.2) is 16.2 Å². The summed E-state index contributed by atoms with van der Waals surface area (Å²) in [6, 6.07) is 10.6. The second kappa shape index (κ2) is 4.87. The van der Waals surface area contributed by atoms with Crippen LogP contribution < -0.4 is 0 Å². The molecule has 0 heterocycles. The minimum absolute atomic E-state index is 0.0702. The van der Waals surface area contributed by atoms with E-state index in [1.807, 2.05) is 0 Å². The van der Waals surface area contributed by atoms with E-state index >= 15 is 0 Å². The normalized spacial score (nSPS) is 10.3. The average Bonchev–Trinajstić information content (AvgIpc) is 2.32. The predicted octanol–water partition coefficient (Wildman–Crippen LogP) is 2.83. The van der Waals surface area contributed by atoms with Crippen LogP contribution in [-0.2, 0) is 11.2 Å². The van der Waals surface area contributed by atoms with E-state index in [0.717, 1.165) is 5.56 Å². The summed E-state index contributed by atoms with van der Waals surface area (Å²) in [5.74, 6) is -1.40.